The van der Waals surface area contributed by atoms with Crippen molar-refractivity contribution in [1.82, 2.24) is 9.80 Å². The number of hydrogen-bond donors (Lipinski definition) is 2. The number of hydrogen-bond acceptors (Lipinski definition) is 3. The van der Waals surface area contributed by atoms with E-state index < -0.39 is 18.2 Å². The molecule has 2 amide bonds. The van der Waals surface area contributed by atoms with Gasteiger partial charge in [-0.3, -0.25) is 9.69 Å². The van der Waals surface area contributed by atoms with Crippen LogP contribution in [0.4, 0.5) is 4.79 Å². The molecular weight excluding hydrogens is 344 g/mol. The maximum Gasteiger partial charge on any atom is 0.408 e. The third-order valence-corrected chi connectivity index (χ3v) is 5.83. The first-order chi connectivity index (χ1) is 12.7. The predicted octanol–water partition coefficient (Wildman–Crippen LogP) is 2.80. The molecule has 1 aromatic rings. The van der Waals surface area contributed by atoms with Crippen LogP contribution in [0.2, 0.25) is 0 Å². The number of amides is 2. The topological polar surface area (TPSA) is 81.1 Å². The number of aliphatic hydroxyl groups excluding tert-OH is 1. The van der Waals surface area contributed by atoms with Gasteiger partial charge in [0, 0.05) is 19.5 Å². The van der Waals surface area contributed by atoms with Crippen molar-refractivity contribution in [3.8, 4) is 0 Å². The molecule has 2 saturated heterocycles. The van der Waals surface area contributed by atoms with Gasteiger partial charge in [0.1, 0.15) is 6.04 Å². The van der Waals surface area contributed by atoms with E-state index in [2.05, 4.69) is 45.0 Å². The summed E-state index contributed by atoms with van der Waals surface area (Å²) in [5, 5.41) is 19.1. The van der Waals surface area contributed by atoms with E-state index in [1.165, 1.54) is 11.1 Å². The van der Waals surface area contributed by atoms with Crippen molar-refractivity contribution >= 4 is 12.0 Å². The van der Waals surface area contributed by atoms with Crippen LogP contribution < -0.4 is 0 Å². The Morgan fingerprint density at radius 1 is 1.11 bits per heavy atom. The Morgan fingerprint density at radius 3 is 2.33 bits per heavy atom. The Bertz CT molecular complexity index is 704. The average molecular weight is 374 g/mol. The zero-order chi connectivity index (χ0) is 19.8. The molecule has 2 aliphatic heterocycles. The SMILES string of the molecule is CC(C)(C)c1ccccc1C1CCN(C(=O)[C@H]2C[C@@H](O)CN2C(=O)O)CC1. The summed E-state index contributed by atoms with van der Waals surface area (Å²) in [6, 6.07) is 7.79. The summed E-state index contributed by atoms with van der Waals surface area (Å²) in [5.74, 6) is 0.241. The molecule has 6 nitrogen and oxygen atoms in total. The van der Waals surface area contributed by atoms with Gasteiger partial charge in [0.05, 0.1) is 12.6 Å². The first kappa shape index (κ1) is 19.7. The average Bonchev–Trinajstić information content (AvgIpc) is 3.03. The van der Waals surface area contributed by atoms with Gasteiger partial charge in [-0.05, 0) is 35.3 Å². The number of aliphatic hydroxyl groups is 1. The first-order valence-electron chi connectivity index (χ1n) is 9.74. The van der Waals surface area contributed by atoms with Crippen molar-refractivity contribution in [2.45, 2.75) is 63.5 Å². The largest absolute Gasteiger partial charge is 0.465 e. The number of nitrogens with zero attached hydrogens (tertiary/aromatic N) is 2. The van der Waals surface area contributed by atoms with Crippen LogP contribution >= 0.6 is 0 Å². The van der Waals surface area contributed by atoms with Gasteiger partial charge in [0.2, 0.25) is 5.91 Å². The lowest BCUT2D eigenvalue weighted by Gasteiger charge is -2.36. The number of benzene rings is 1. The van der Waals surface area contributed by atoms with Crippen LogP contribution in [0.1, 0.15) is 57.1 Å². The third kappa shape index (κ3) is 4.10. The normalized spacial score (nSPS) is 24.3. The number of likely N-dealkylation sites (tertiary alicyclic amines) is 2. The van der Waals surface area contributed by atoms with Gasteiger partial charge in [0.15, 0.2) is 0 Å². The number of carbonyl (C=O) groups is 2. The molecule has 6 heteroatoms. The van der Waals surface area contributed by atoms with Gasteiger partial charge in [-0.1, -0.05) is 45.0 Å². The van der Waals surface area contributed by atoms with Gasteiger partial charge in [0.25, 0.3) is 0 Å². The molecule has 2 fully saturated rings. The van der Waals surface area contributed by atoms with Crippen LogP contribution in [0.15, 0.2) is 24.3 Å². The molecule has 0 spiro atoms. The van der Waals surface area contributed by atoms with E-state index in [-0.39, 0.29) is 24.3 Å². The second-order valence-corrected chi connectivity index (χ2v) is 8.78. The Labute approximate surface area is 160 Å². The van der Waals surface area contributed by atoms with E-state index in [9.17, 15) is 19.8 Å². The molecular formula is C21H30N2O4. The minimum Gasteiger partial charge on any atom is -0.465 e. The Balaban J connectivity index is 1.68. The lowest BCUT2D eigenvalue weighted by molar-refractivity contribution is -0.136. The zero-order valence-corrected chi connectivity index (χ0v) is 16.4. The van der Waals surface area contributed by atoms with Crippen molar-refractivity contribution in [3.63, 3.8) is 0 Å². The van der Waals surface area contributed by atoms with E-state index in [4.69, 9.17) is 0 Å². The van der Waals surface area contributed by atoms with E-state index in [1.807, 2.05) is 0 Å². The summed E-state index contributed by atoms with van der Waals surface area (Å²) in [6.07, 6.45) is 0.0467. The van der Waals surface area contributed by atoms with E-state index >= 15 is 0 Å². The van der Waals surface area contributed by atoms with Gasteiger partial charge in [-0.15, -0.1) is 0 Å². The van der Waals surface area contributed by atoms with Gasteiger partial charge < -0.3 is 15.1 Å². The van der Waals surface area contributed by atoms with Gasteiger partial charge in [-0.25, -0.2) is 4.79 Å². The number of carboxylic acid groups (broad SMARTS) is 1. The maximum absolute atomic E-state index is 12.8. The molecule has 0 saturated carbocycles. The maximum atomic E-state index is 12.8. The minimum absolute atomic E-state index is 0.0150. The molecule has 1 aromatic carbocycles. The lowest BCUT2D eigenvalue weighted by atomic mass is 9.77. The Kier molecular flexibility index (Phi) is 5.47. The number of rotatable bonds is 2. The molecule has 3 rings (SSSR count). The zero-order valence-electron chi connectivity index (χ0n) is 16.4. The molecule has 2 atom stereocenters. The summed E-state index contributed by atoms with van der Waals surface area (Å²) in [7, 11) is 0. The Hall–Kier alpha value is -2.08. The van der Waals surface area contributed by atoms with Crippen molar-refractivity contribution in [1.29, 1.82) is 0 Å². The highest BCUT2D eigenvalue weighted by molar-refractivity contribution is 5.86. The van der Waals surface area contributed by atoms with Gasteiger partial charge in [-0.2, -0.15) is 0 Å². The van der Waals surface area contributed by atoms with Crippen molar-refractivity contribution in [2.75, 3.05) is 19.6 Å². The number of piperidine rings is 1. The summed E-state index contributed by atoms with van der Waals surface area (Å²) in [6.45, 7) is 7.92. The molecule has 2 heterocycles. The molecule has 2 aliphatic rings. The monoisotopic (exact) mass is 374 g/mol. The van der Waals surface area contributed by atoms with E-state index in [1.54, 1.807) is 4.90 Å². The second kappa shape index (κ2) is 7.50. The van der Waals surface area contributed by atoms with E-state index in [0.717, 1.165) is 17.7 Å². The van der Waals surface area contributed by atoms with Crippen LogP contribution in [-0.4, -0.2) is 63.8 Å². The van der Waals surface area contributed by atoms with Crippen LogP contribution in [0.5, 0.6) is 0 Å². The van der Waals surface area contributed by atoms with Crippen molar-refractivity contribution < 1.29 is 19.8 Å². The summed E-state index contributed by atoms with van der Waals surface area (Å²) < 4.78 is 0. The highest BCUT2D eigenvalue weighted by Gasteiger charge is 2.41. The van der Waals surface area contributed by atoms with Crippen molar-refractivity contribution in [2.24, 2.45) is 0 Å². The molecule has 2 N–H and O–H groups in total. The standard InChI is InChI=1S/C21H30N2O4/c1-21(2,3)17-7-5-4-6-16(17)14-8-10-22(11-9-14)19(25)18-12-15(24)13-23(18)20(26)27/h4-7,14-15,18,24H,8-13H2,1-3H3,(H,26,27)/t15-,18-/m1/s1. The molecule has 0 unspecified atom stereocenters. The fourth-order valence-electron chi connectivity index (χ4n) is 4.42. The number of carbonyl (C=O) groups excluding carboxylic acids is 1. The summed E-state index contributed by atoms with van der Waals surface area (Å²) in [4.78, 5) is 27.0. The van der Waals surface area contributed by atoms with Gasteiger partial charge >= 0.3 is 6.09 Å². The van der Waals surface area contributed by atoms with Crippen LogP contribution in [0.25, 0.3) is 0 Å². The fraction of sp³-hybridized carbons (Fsp3) is 0.619. The Morgan fingerprint density at radius 2 is 1.74 bits per heavy atom. The molecule has 0 aliphatic carbocycles. The third-order valence-electron chi connectivity index (χ3n) is 5.83. The number of β-amino-alcohol motifs (C(OH)–C–C–N with tert-alkyl or cyclic N) is 1. The second-order valence-electron chi connectivity index (χ2n) is 8.78. The fourth-order valence-corrected chi connectivity index (χ4v) is 4.42. The highest BCUT2D eigenvalue weighted by Crippen LogP contribution is 2.36. The summed E-state index contributed by atoms with van der Waals surface area (Å²) >= 11 is 0. The summed E-state index contributed by atoms with van der Waals surface area (Å²) in [5.41, 5.74) is 2.79. The lowest BCUT2D eigenvalue weighted by Crippen LogP contribution is -2.49. The van der Waals surface area contributed by atoms with Crippen LogP contribution in [0, 0.1) is 0 Å². The first-order valence-corrected chi connectivity index (χ1v) is 9.74. The molecule has 0 aromatic heterocycles. The molecule has 27 heavy (non-hydrogen) atoms. The molecule has 0 bridgehead atoms. The molecule has 148 valence electrons. The quantitative estimate of drug-likeness (QED) is 0.834. The van der Waals surface area contributed by atoms with Crippen LogP contribution in [0.3, 0.4) is 0 Å². The smallest absolute Gasteiger partial charge is 0.408 e. The van der Waals surface area contributed by atoms with Crippen molar-refractivity contribution in [3.05, 3.63) is 35.4 Å². The molecule has 0 radical (unpaired) electrons. The minimum atomic E-state index is -1.14. The van der Waals surface area contributed by atoms with E-state index in [0.29, 0.717) is 19.0 Å². The van der Waals surface area contributed by atoms with Crippen LogP contribution in [-0.2, 0) is 10.2 Å². The highest BCUT2D eigenvalue weighted by atomic mass is 16.4. The predicted molar refractivity (Wildman–Crippen MR) is 103 cm³/mol.